The van der Waals surface area contributed by atoms with Crippen molar-refractivity contribution in [2.45, 2.75) is 32.6 Å². The van der Waals surface area contributed by atoms with Crippen LogP contribution in [0, 0.1) is 0 Å². The molecule has 18 heavy (non-hydrogen) atoms. The molecule has 1 aromatic rings. The van der Waals surface area contributed by atoms with Gasteiger partial charge in [0.1, 0.15) is 11.2 Å². The van der Waals surface area contributed by atoms with E-state index in [-0.39, 0.29) is 5.78 Å². The number of rotatable bonds is 4. The van der Waals surface area contributed by atoms with Crippen LogP contribution in [0.1, 0.15) is 32.8 Å². The maximum Gasteiger partial charge on any atom is 0.244 e. The highest BCUT2D eigenvalue weighted by molar-refractivity contribution is 6.14. The van der Waals surface area contributed by atoms with E-state index >= 15 is 0 Å². The molecule has 1 rings (SSSR count). The molecule has 0 saturated heterocycles. The van der Waals surface area contributed by atoms with E-state index < -0.39 is 17.2 Å². The van der Waals surface area contributed by atoms with Crippen molar-refractivity contribution in [2.75, 3.05) is 0 Å². The van der Waals surface area contributed by atoms with E-state index in [0.717, 1.165) is 0 Å². The fourth-order valence-electron chi connectivity index (χ4n) is 2.10. The Morgan fingerprint density at radius 1 is 1.11 bits per heavy atom. The Hall–Kier alpha value is -1.97. The van der Waals surface area contributed by atoms with Crippen molar-refractivity contribution in [3.63, 3.8) is 0 Å². The first-order chi connectivity index (χ1) is 8.45. The molecule has 4 nitrogen and oxygen atoms in total. The Kier molecular flexibility index (Phi) is 4.37. The van der Waals surface area contributed by atoms with Gasteiger partial charge in [-0.15, -0.1) is 0 Å². The molecule has 4 heteroatoms. The van der Waals surface area contributed by atoms with Crippen molar-refractivity contribution >= 4 is 17.6 Å². The second-order valence-electron chi connectivity index (χ2n) is 4.19. The molecular weight excluding hydrogens is 230 g/mol. The number of hydrogen-bond acceptors (Lipinski definition) is 3. The van der Waals surface area contributed by atoms with E-state index in [1.165, 1.54) is 13.8 Å². The first-order valence-electron chi connectivity index (χ1n) is 5.83. The molecule has 1 aromatic carbocycles. The number of carbonyl (C=O) groups is 3. The van der Waals surface area contributed by atoms with E-state index in [1.54, 1.807) is 31.2 Å². The van der Waals surface area contributed by atoms with Crippen molar-refractivity contribution < 1.29 is 14.4 Å². The molecule has 1 N–H and O–H groups in total. The van der Waals surface area contributed by atoms with Gasteiger partial charge in [-0.1, -0.05) is 37.3 Å². The third kappa shape index (κ3) is 2.47. The minimum atomic E-state index is -1.28. The number of ketones is 1. The molecule has 0 bridgehead atoms. The van der Waals surface area contributed by atoms with Gasteiger partial charge in [0.2, 0.25) is 11.8 Å². The van der Waals surface area contributed by atoms with Gasteiger partial charge in [0, 0.05) is 6.92 Å². The zero-order valence-electron chi connectivity index (χ0n) is 10.8. The molecule has 2 amide bonds. The minimum Gasteiger partial charge on any atom is -0.298 e. The van der Waals surface area contributed by atoms with Gasteiger partial charge < -0.3 is 0 Å². The number of carbonyl (C=O) groups excluding carboxylic acids is 3. The smallest absolute Gasteiger partial charge is 0.244 e. The third-order valence-corrected chi connectivity index (χ3v) is 3.08. The van der Waals surface area contributed by atoms with Gasteiger partial charge in [-0.05, 0) is 18.9 Å². The van der Waals surface area contributed by atoms with E-state index in [1.807, 2.05) is 6.07 Å². The van der Waals surface area contributed by atoms with Gasteiger partial charge in [-0.25, -0.2) is 0 Å². The van der Waals surface area contributed by atoms with Gasteiger partial charge in [0.15, 0.2) is 0 Å². The van der Waals surface area contributed by atoms with E-state index in [9.17, 15) is 14.4 Å². The van der Waals surface area contributed by atoms with Gasteiger partial charge in [-0.3, -0.25) is 19.7 Å². The van der Waals surface area contributed by atoms with Crippen LogP contribution in [0.5, 0.6) is 0 Å². The number of hydrogen-bond donors (Lipinski definition) is 1. The number of nitrogens with one attached hydrogen (secondary N) is 1. The van der Waals surface area contributed by atoms with E-state index in [2.05, 4.69) is 5.32 Å². The standard InChI is InChI=1S/C14H17NO3/c1-4-14(10(2)16,13(18)15-11(3)17)12-8-6-5-7-9-12/h5-9H,4H2,1-3H3,(H,15,17,18). The summed E-state index contributed by atoms with van der Waals surface area (Å²) < 4.78 is 0. The fourth-order valence-corrected chi connectivity index (χ4v) is 2.10. The second kappa shape index (κ2) is 5.58. The minimum absolute atomic E-state index is 0.269. The van der Waals surface area contributed by atoms with Crippen LogP contribution >= 0.6 is 0 Å². The third-order valence-electron chi connectivity index (χ3n) is 3.08. The molecule has 0 aliphatic heterocycles. The Morgan fingerprint density at radius 2 is 1.67 bits per heavy atom. The zero-order chi connectivity index (χ0) is 13.8. The summed E-state index contributed by atoms with van der Waals surface area (Å²) in [5.41, 5.74) is -0.675. The largest absolute Gasteiger partial charge is 0.298 e. The van der Waals surface area contributed by atoms with Crippen LogP contribution < -0.4 is 5.32 Å². The van der Waals surface area contributed by atoms with Gasteiger partial charge in [0.05, 0.1) is 0 Å². The van der Waals surface area contributed by atoms with Crippen LogP contribution in [-0.2, 0) is 19.8 Å². The molecule has 0 radical (unpaired) electrons. The van der Waals surface area contributed by atoms with Crippen LogP contribution in [0.25, 0.3) is 0 Å². The Labute approximate surface area is 106 Å². The number of benzene rings is 1. The summed E-state index contributed by atoms with van der Waals surface area (Å²) in [6.45, 7) is 4.38. The van der Waals surface area contributed by atoms with Crippen LogP contribution in [0.4, 0.5) is 0 Å². The summed E-state index contributed by atoms with van der Waals surface area (Å²) in [4.78, 5) is 35.2. The highest BCUT2D eigenvalue weighted by atomic mass is 16.2. The summed E-state index contributed by atoms with van der Waals surface area (Å²) in [5.74, 6) is -1.29. The molecule has 1 unspecified atom stereocenters. The molecule has 0 saturated carbocycles. The molecule has 0 aliphatic rings. The molecule has 96 valence electrons. The predicted molar refractivity (Wildman–Crippen MR) is 67.9 cm³/mol. The van der Waals surface area contributed by atoms with Crippen molar-refractivity contribution in [3.8, 4) is 0 Å². The highest BCUT2D eigenvalue weighted by Crippen LogP contribution is 2.29. The topological polar surface area (TPSA) is 63.2 Å². The normalized spacial score (nSPS) is 13.5. The summed E-state index contributed by atoms with van der Waals surface area (Å²) in [6, 6.07) is 8.80. The molecule has 0 heterocycles. The van der Waals surface area contributed by atoms with Crippen LogP contribution in [0.2, 0.25) is 0 Å². The maximum absolute atomic E-state index is 12.2. The first kappa shape index (κ1) is 14.1. The number of Topliss-reactive ketones (excluding diaryl/α,β-unsaturated/α-hetero) is 1. The Balaban J connectivity index is 3.31. The first-order valence-corrected chi connectivity index (χ1v) is 5.83. The highest BCUT2D eigenvalue weighted by Gasteiger charge is 2.43. The maximum atomic E-state index is 12.2. The average Bonchev–Trinajstić information content (AvgIpc) is 2.30. The quantitative estimate of drug-likeness (QED) is 0.822. The lowest BCUT2D eigenvalue weighted by molar-refractivity contribution is -0.138. The van der Waals surface area contributed by atoms with Crippen molar-refractivity contribution in [2.24, 2.45) is 0 Å². The lowest BCUT2D eigenvalue weighted by Crippen LogP contribution is -2.50. The van der Waals surface area contributed by atoms with Crippen LogP contribution in [-0.4, -0.2) is 17.6 Å². The van der Waals surface area contributed by atoms with Crippen molar-refractivity contribution in [3.05, 3.63) is 35.9 Å². The molecule has 0 fully saturated rings. The van der Waals surface area contributed by atoms with E-state index in [0.29, 0.717) is 12.0 Å². The Bertz CT molecular complexity index is 467. The van der Waals surface area contributed by atoms with Gasteiger partial charge in [0.25, 0.3) is 0 Å². The van der Waals surface area contributed by atoms with Gasteiger partial charge >= 0.3 is 0 Å². The number of imide groups is 1. The second-order valence-corrected chi connectivity index (χ2v) is 4.19. The monoisotopic (exact) mass is 247 g/mol. The van der Waals surface area contributed by atoms with Crippen molar-refractivity contribution in [1.29, 1.82) is 0 Å². The zero-order valence-corrected chi connectivity index (χ0v) is 10.8. The summed E-state index contributed by atoms with van der Waals surface area (Å²) in [7, 11) is 0. The number of amides is 2. The predicted octanol–water partition coefficient (Wildman–Crippen LogP) is 1.59. The fraction of sp³-hybridized carbons (Fsp3) is 0.357. The van der Waals surface area contributed by atoms with Crippen LogP contribution in [0.3, 0.4) is 0 Å². The lowest BCUT2D eigenvalue weighted by atomic mass is 9.74. The molecular formula is C14H17NO3. The molecule has 1 atom stereocenters. The van der Waals surface area contributed by atoms with E-state index in [4.69, 9.17) is 0 Å². The lowest BCUT2D eigenvalue weighted by Gasteiger charge is -2.28. The molecule has 0 aliphatic carbocycles. The SMILES string of the molecule is CCC(C(C)=O)(C(=O)NC(C)=O)c1ccccc1. The average molecular weight is 247 g/mol. The Morgan fingerprint density at radius 3 is 2.06 bits per heavy atom. The molecule has 0 spiro atoms. The summed E-state index contributed by atoms with van der Waals surface area (Å²) in [6.07, 6.45) is 0.311. The summed E-state index contributed by atoms with van der Waals surface area (Å²) in [5, 5.41) is 2.22. The summed E-state index contributed by atoms with van der Waals surface area (Å²) >= 11 is 0. The molecule has 0 aromatic heterocycles. The van der Waals surface area contributed by atoms with Crippen LogP contribution in [0.15, 0.2) is 30.3 Å². The van der Waals surface area contributed by atoms with Gasteiger partial charge in [-0.2, -0.15) is 0 Å². The van der Waals surface area contributed by atoms with Crippen molar-refractivity contribution in [1.82, 2.24) is 5.32 Å².